The van der Waals surface area contributed by atoms with Gasteiger partial charge in [0.25, 0.3) is 0 Å². The fourth-order valence-electron chi connectivity index (χ4n) is 9.55. The molecule has 0 atom stereocenters. The van der Waals surface area contributed by atoms with Crippen molar-refractivity contribution < 1.29 is 28.5 Å². The van der Waals surface area contributed by atoms with E-state index in [1.54, 1.807) is 12.1 Å². The number of carbonyl (C=O) groups excluding carboxylic acids is 1. The van der Waals surface area contributed by atoms with Crippen molar-refractivity contribution in [2.45, 2.75) is 213 Å². The molecule has 10 nitrogen and oxygen atoms in total. The zero-order valence-corrected chi connectivity index (χ0v) is 47.8. The molecule has 0 radical (unpaired) electrons. The normalized spacial score (nSPS) is 11.2. The summed E-state index contributed by atoms with van der Waals surface area (Å²) < 4.78 is 30.4. The van der Waals surface area contributed by atoms with Gasteiger partial charge >= 0.3 is 18.0 Å². The molecule has 0 saturated heterocycles. The highest BCUT2D eigenvalue weighted by Crippen LogP contribution is 2.31. The molecule has 0 aliphatic carbocycles. The molecule has 6 aromatic rings. The molecule has 2 aromatic heterocycles. The number of ether oxygens (including phenoxy) is 5. The monoisotopic (exact) mass is 1060 g/mol. The van der Waals surface area contributed by atoms with Gasteiger partial charge in [0.05, 0.1) is 18.8 Å². The molecule has 0 N–H and O–H groups in total. The summed E-state index contributed by atoms with van der Waals surface area (Å²) in [7, 11) is 0. The summed E-state index contributed by atoms with van der Waals surface area (Å²) in [5.74, 6) is 2.80. The van der Waals surface area contributed by atoms with Crippen LogP contribution in [0.5, 0.6) is 40.8 Å². The van der Waals surface area contributed by atoms with Crippen molar-refractivity contribution in [3.05, 3.63) is 149 Å². The molecule has 0 spiro atoms. The number of hydrogen-bond acceptors (Lipinski definition) is 10. The summed E-state index contributed by atoms with van der Waals surface area (Å²) >= 11 is 0. The van der Waals surface area contributed by atoms with Crippen molar-refractivity contribution in [2.24, 2.45) is 0 Å². The summed E-state index contributed by atoms with van der Waals surface area (Å²) in [5.41, 5.74) is 6.55. The van der Waals surface area contributed by atoms with Gasteiger partial charge in [0, 0.05) is 24.8 Å². The molecule has 0 amide bonds. The van der Waals surface area contributed by atoms with Crippen molar-refractivity contribution in [3.63, 3.8) is 0 Å². The number of unbranched alkanes of at least 4 members (excludes halogenated alkanes) is 20. The van der Waals surface area contributed by atoms with Gasteiger partial charge in [0.2, 0.25) is 0 Å². The maximum Gasteiger partial charge on any atom is 0.343 e. The lowest BCUT2D eigenvalue weighted by Crippen LogP contribution is -2.10. The first-order chi connectivity index (χ1) is 38.5. The van der Waals surface area contributed by atoms with E-state index in [9.17, 15) is 4.79 Å². The lowest BCUT2D eigenvalue weighted by molar-refractivity contribution is 0.0734. The first-order valence-electron chi connectivity index (χ1n) is 30.3. The fraction of sp³-hybridized carbons (Fsp3) is 0.515. The molecule has 0 unspecified atom stereocenters. The summed E-state index contributed by atoms with van der Waals surface area (Å²) in [6, 6.07) is 30.6. The molecule has 0 aliphatic heterocycles. The van der Waals surface area contributed by atoms with E-state index in [4.69, 9.17) is 23.7 Å². The number of esters is 1. The second kappa shape index (κ2) is 37.5. The maximum absolute atomic E-state index is 13.4. The standard InChI is InChI=1S/C68H92N4O6/c1-4-7-10-13-16-23-30-56-36-43-62(44-37-56)77-67-69-51-58(52-70-67)32-25-18-20-27-48-74-64-47-40-60(66(73)76-61-41-34-55(35-42-61)29-22-15-12-9-6-3)50-65(64)75-49-28-21-19-26-33-59-53-71-68(72-54-59)78-63-45-38-57(39-46-63)31-24-17-14-11-8-5-2/h34-47,50-54H,4-33,48-49H2,1-3H3. The van der Waals surface area contributed by atoms with Gasteiger partial charge in [-0.05, 0) is 159 Å². The Morgan fingerprint density at radius 2 is 0.679 bits per heavy atom. The van der Waals surface area contributed by atoms with Gasteiger partial charge in [-0.25, -0.2) is 24.7 Å². The van der Waals surface area contributed by atoms with E-state index in [2.05, 4.69) is 77.1 Å². The Balaban J connectivity index is 0.900. The number of carbonyl (C=O) groups is 1. The van der Waals surface area contributed by atoms with Gasteiger partial charge < -0.3 is 23.7 Å². The van der Waals surface area contributed by atoms with E-state index in [0.29, 0.717) is 48.0 Å². The van der Waals surface area contributed by atoms with Crippen LogP contribution < -0.4 is 23.7 Å². The minimum atomic E-state index is -0.425. The Morgan fingerprint density at radius 3 is 1.08 bits per heavy atom. The Kier molecular flexibility index (Phi) is 29.3. The molecule has 10 heteroatoms. The molecular formula is C68H92N4O6. The minimum absolute atomic E-state index is 0.365. The summed E-state index contributed by atoms with van der Waals surface area (Å²) in [6.45, 7) is 7.81. The minimum Gasteiger partial charge on any atom is -0.490 e. The van der Waals surface area contributed by atoms with Crippen LogP contribution in [0.3, 0.4) is 0 Å². The summed E-state index contributed by atoms with van der Waals surface area (Å²) in [4.78, 5) is 31.4. The van der Waals surface area contributed by atoms with E-state index in [0.717, 1.165) is 106 Å². The van der Waals surface area contributed by atoms with Gasteiger partial charge in [-0.1, -0.05) is 173 Å². The maximum atomic E-state index is 13.4. The van der Waals surface area contributed by atoms with Crippen LogP contribution in [0.25, 0.3) is 0 Å². The number of aromatic nitrogens is 4. The van der Waals surface area contributed by atoms with Gasteiger partial charge in [0.15, 0.2) is 11.5 Å². The topological polar surface area (TPSA) is 115 Å². The van der Waals surface area contributed by atoms with Crippen molar-refractivity contribution in [2.75, 3.05) is 13.2 Å². The lowest BCUT2D eigenvalue weighted by Gasteiger charge is -2.14. The second-order valence-corrected chi connectivity index (χ2v) is 21.2. The number of hydrogen-bond donors (Lipinski definition) is 0. The molecule has 420 valence electrons. The molecule has 4 aromatic carbocycles. The number of aryl methyl sites for hydroxylation is 5. The molecule has 2 heterocycles. The number of nitrogens with zero attached hydrogens (tertiary/aromatic N) is 4. The van der Waals surface area contributed by atoms with Gasteiger partial charge in [-0.2, -0.15) is 0 Å². The predicted molar refractivity (Wildman–Crippen MR) is 317 cm³/mol. The highest BCUT2D eigenvalue weighted by atomic mass is 16.5. The van der Waals surface area contributed by atoms with Crippen LogP contribution in [0.2, 0.25) is 0 Å². The molecule has 78 heavy (non-hydrogen) atoms. The van der Waals surface area contributed by atoms with Gasteiger partial charge in [-0.3, -0.25) is 0 Å². The summed E-state index contributed by atoms with van der Waals surface area (Å²) in [6.07, 6.45) is 42.3. The van der Waals surface area contributed by atoms with Crippen molar-refractivity contribution in [1.82, 2.24) is 19.9 Å². The Morgan fingerprint density at radius 1 is 0.346 bits per heavy atom. The molecule has 0 aliphatic rings. The van der Waals surface area contributed by atoms with E-state index >= 15 is 0 Å². The molecule has 0 saturated carbocycles. The lowest BCUT2D eigenvalue weighted by atomic mass is 10.0. The molecule has 0 bridgehead atoms. The first-order valence-corrected chi connectivity index (χ1v) is 30.3. The zero-order chi connectivity index (χ0) is 54.5. The van der Waals surface area contributed by atoms with Crippen LogP contribution in [0, 0.1) is 0 Å². The second-order valence-electron chi connectivity index (χ2n) is 21.2. The fourth-order valence-corrected chi connectivity index (χ4v) is 9.55. The van der Waals surface area contributed by atoms with Crippen LogP contribution >= 0.6 is 0 Å². The first kappa shape index (κ1) is 60.9. The SMILES string of the molecule is CCCCCCCCc1ccc(Oc2ncc(CCCCCCOc3ccc(C(=O)Oc4ccc(CCCCCCC)cc4)cc3OCCCCCCc3cnc(Oc4ccc(CCCCCCCC)cc4)nc3)cn2)cc1. The highest BCUT2D eigenvalue weighted by Gasteiger charge is 2.15. The molecular weight excluding hydrogens is 969 g/mol. The van der Waals surface area contributed by atoms with Crippen LogP contribution in [0.1, 0.15) is 219 Å². The van der Waals surface area contributed by atoms with Crippen LogP contribution in [0.15, 0.2) is 116 Å². The molecule has 0 fully saturated rings. The van der Waals surface area contributed by atoms with Crippen molar-refractivity contribution in [3.8, 4) is 40.8 Å². The third kappa shape index (κ3) is 24.6. The zero-order valence-electron chi connectivity index (χ0n) is 47.8. The average molecular weight is 1060 g/mol. The van der Waals surface area contributed by atoms with Crippen LogP contribution in [-0.4, -0.2) is 39.1 Å². The van der Waals surface area contributed by atoms with Crippen molar-refractivity contribution >= 4 is 5.97 Å². The van der Waals surface area contributed by atoms with E-state index in [-0.39, 0.29) is 0 Å². The average Bonchev–Trinajstić information content (AvgIpc) is 3.47. The quantitative estimate of drug-likeness (QED) is 0.0208. The van der Waals surface area contributed by atoms with E-state index in [1.807, 2.05) is 67.3 Å². The largest absolute Gasteiger partial charge is 0.490 e. The Labute approximate surface area is 468 Å². The molecule has 6 rings (SSSR count). The van der Waals surface area contributed by atoms with Gasteiger partial charge in [0.1, 0.15) is 17.2 Å². The Hall–Kier alpha value is -6.29. The van der Waals surface area contributed by atoms with E-state index < -0.39 is 5.97 Å². The number of rotatable bonds is 42. The van der Waals surface area contributed by atoms with Crippen molar-refractivity contribution in [1.29, 1.82) is 0 Å². The third-order valence-electron chi connectivity index (χ3n) is 14.4. The smallest absolute Gasteiger partial charge is 0.343 e. The van der Waals surface area contributed by atoms with Crippen LogP contribution in [0.4, 0.5) is 0 Å². The third-order valence-corrected chi connectivity index (χ3v) is 14.4. The van der Waals surface area contributed by atoms with Crippen LogP contribution in [-0.2, 0) is 32.1 Å². The van der Waals surface area contributed by atoms with E-state index in [1.165, 1.54) is 126 Å². The highest BCUT2D eigenvalue weighted by molar-refractivity contribution is 5.91. The Bertz CT molecular complexity index is 2500. The number of benzene rings is 4. The van der Waals surface area contributed by atoms with Gasteiger partial charge in [-0.15, -0.1) is 0 Å². The predicted octanol–water partition coefficient (Wildman–Crippen LogP) is 18.8. The summed E-state index contributed by atoms with van der Waals surface area (Å²) in [5, 5.41) is 0.